The van der Waals surface area contributed by atoms with Crippen LogP contribution in [0.15, 0.2) is 53.4 Å². The van der Waals surface area contributed by atoms with Crippen LogP contribution in [0.5, 0.6) is 0 Å². The van der Waals surface area contributed by atoms with Crippen LogP contribution in [0.3, 0.4) is 0 Å². The lowest BCUT2D eigenvalue weighted by atomic mass is 10.2. The molecule has 12 heteroatoms. The molecule has 0 aromatic heterocycles. The van der Waals surface area contributed by atoms with Gasteiger partial charge in [0.15, 0.2) is 0 Å². The number of sulfonamides is 1. The number of amides is 4. The Morgan fingerprint density at radius 3 is 2.24 bits per heavy atom. The monoisotopic (exact) mass is 508 g/mol. The van der Waals surface area contributed by atoms with Gasteiger partial charge in [-0.15, -0.1) is 0 Å². The highest BCUT2D eigenvalue weighted by Gasteiger charge is 2.18. The molecule has 2 aromatic carbocycles. The van der Waals surface area contributed by atoms with Gasteiger partial charge in [-0.3, -0.25) is 4.31 Å². The van der Waals surface area contributed by atoms with Crippen molar-refractivity contribution in [1.82, 2.24) is 14.3 Å². The average molecular weight is 509 g/mol. The Balaban J connectivity index is 1.78. The number of nitrogens with zero attached hydrogens (tertiary/aromatic N) is 1. The SMILES string of the molecule is Cc1ccc(S(=O)(=O)NC(=O)Nc2ccc(C(=O)OCCCNC(=O)N(S)C(C)C)cc2)cc1. The van der Waals surface area contributed by atoms with E-state index in [2.05, 4.69) is 23.4 Å². The smallest absolute Gasteiger partial charge is 0.338 e. The summed E-state index contributed by atoms with van der Waals surface area (Å²) in [4.78, 5) is 35.9. The van der Waals surface area contributed by atoms with Crippen molar-refractivity contribution < 1.29 is 27.5 Å². The summed E-state index contributed by atoms with van der Waals surface area (Å²) in [6.45, 7) is 5.90. The molecule has 0 fully saturated rings. The lowest BCUT2D eigenvalue weighted by Crippen LogP contribution is -2.38. The number of aryl methyl sites for hydroxylation is 1. The Hall–Kier alpha value is -3.25. The van der Waals surface area contributed by atoms with Crippen molar-refractivity contribution >= 4 is 46.6 Å². The summed E-state index contributed by atoms with van der Waals surface area (Å²) in [6.07, 6.45) is 0.423. The normalized spacial score (nSPS) is 11.0. The van der Waals surface area contributed by atoms with E-state index in [1.807, 2.05) is 25.5 Å². The molecule has 0 atom stereocenters. The summed E-state index contributed by atoms with van der Waals surface area (Å²) in [5, 5.41) is 5.06. The first-order valence-electron chi connectivity index (χ1n) is 10.4. The number of esters is 1. The lowest BCUT2D eigenvalue weighted by Gasteiger charge is -2.20. The molecule has 0 saturated heterocycles. The van der Waals surface area contributed by atoms with Crippen LogP contribution in [-0.4, -0.2) is 49.9 Å². The van der Waals surface area contributed by atoms with Gasteiger partial charge in [-0.2, -0.15) is 0 Å². The molecule has 0 saturated carbocycles. The Morgan fingerprint density at radius 2 is 1.65 bits per heavy atom. The molecule has 0 radical (unpaired) electrons. The van der Waals surface area contributed by atoms with Gasteiger partial charge in [-0.05, 0) is 63.6 Å². The highest BCUT2D eigenvalue weighted by molar-refractivity contribution is 7.90. The number of thiol groups is 1. The second-order valence-corrected chi connectivity index (χ2v) is 9.72. The predicted molar refractivity (Wildman–Crippen MR) is 131 cm³/mol. The topological polar surface area (TPSA) is 134 Å². The minimum atomic E-state index is -4.02. The quantitative estimate of drug-likeness (QED) is 0.233. The van der Waals surface area contributed by atoms with Gasteiger partial charge < -0.3 is 15.4 Å². The number of ether oxygens (including phenoxy) is 1. The van der Waals surface area contributed by atoms with E-state index in [1.165, 1.54) is 40.7 Å². The van der Waals surface area contributed by atoms with Crippen molar-refractivity contribution in [3.8, 4) is 0 Å². The highest BCUT2D eigenvalue weighted by Crippen LogP contribution is 2.13. The minimum Gasteiger partial charge on any atom is -0.462 e. The molecule has 34 heavy (non-hydrogen) atoms. The third-order valence-corrected chi connectivity index (χ3v) is 6.45. The fourth-order valence-corrected chi connectivity index (χ4v) is 3.55. The first-order valence-corrected chi connectivity index (χ1v) is 12.3. The van der Waals surface area contributed by atoms with Gasteiger partial charge >= 0.3 is 18.0 Å². The fraction of sp³-hybridized carbons (Fsp3) is 0.318. The molecule has 4 amide bonds. The Bertz CT molecular complexity index is 1100. The second kappa shape index (κ2) is 12.3. The van der Waals surface area contributed by atoms with Crippen LogP contribution in [0.1, 0.15) is 36.2 Å². The van der Waals surface area contributed by atoms with Gasteiger partial charge in [-0.1, -0.05) is 30.5 Å². The molecule has 0 aliphatic carbocycles. The fourth-order valence-electron chi connectivity index (χ4n) is 2.58. The van der Waals surface area contributed by atoms with E-state index in [0.29, 0.717) is 13.0 Å². The van der Waals surface area contributed by atoms with Crippen molar-refractivity contribution in [3.05, 3.63) is 59.7 Å². The third-order valence-electron chi connectivity index (χ3n) is 4.46. The van der Waals surface area contributed by atoms with Crippen molar-refractivity contribution in [3.63, 3.8) is 0 Å². The summed E-state index contributed by atoms with van der Waals surface area (Å²) < 4.78 is 32.9. The van der Waals surface area contributed by atoms with Crippen LogP contribution in [0, 0.1) is 6.92 Å². The second-order valence-electron chi connectivity index (χ2n) is 7.61. The van der Waals surface area contributed by atoms with Crippen LogP contribution < -0.4 is 15.4 Å². The molecule has 0 unspecified atom stereocenters. The average Bonchev–Trinajstić information content (AvgIpc) is 2.78. The predicted octanol–water partition coefficient (Wildman–Crippen LogP) is 3.32. The number of anilines is 1. The van der Waals surface area contributed by atoms with Crippen LogP contribution in [-0.2, 0) is 14.8 Å². The molecule has 0 spiro atoms. The Kier molecular flexibility index (Phi) is 9.75. The van der Waals surface area contributed by atoms with Crippen molar-refractivity contribution in [2.75, 3.05) is 18.5 Å². The molecule has 0 bridgehead atoms. The zero-order valence-corrected chi connectivity index (χ0v) is 20.8. The van der Waals surface area contributed by atoms with Gasteiger partial charge in [0.05, 0.1) is 17.1 Å². The maximum atomic E-state index is 12.3. The number of carbonyl (C=O) groups is 3. The van der Waals surface area contributed by atoms with Crippen LogP contribution in [0.4, 0.5) is 15.3 Å². The lowest BCUT2D eigenvalue weighted by molar-refractivity contribution is 0.0501. The number of carbonyl (C=O) groups excluding carboxylic acids is 3. The van der Waals surface area contributed by atoms with E-state index in [9.17, 15) is 22.8 Å². The van der Waals surface area contributed by atoms with Gasteiger partial charge in [0.25, 0.3) is 10.0 Å². The maximum absolute atomic E-state index is 12.3. The molecule has 184 valence electrons. The molecule has 2 aromatic rings. The van der Waals surface area contributed by atoms with E-state index >= 15 is 0 Å². The standard InChI is InChI=1S/C22H28N4O6S2/c1-15(2)26(33)22(29)23-13-4-14-32-20(27)17-7-9-18(10-8-17)24-21(28)25-34(30,31)19-11-5-16(3)6-12-19/h5-12,15,33H,4,13-14H2,1-3H3,(H,23,29)(H2,24,25,28). The van der Waals surface area contributed by atoms with Crippen LogP contribution in [0.25, 0.3) is 0 Å². The molecule has 3 N–H and O–H groups in total. The minimum absolute atomic E-state index is 0.0335. The number of rotatable bonds is 9. The summed E-state index contributed by atoms with van der Waals surface area (Å²) >= 11 is 4.07. The van der Waals surface area contributed by atoms with Gasteiger partial charge in [0.2, 0.25) is 0 Å². The molecule has 2 rings (SSSR count). The number of hydrogen-bond acceptors (Lipinski definition) is 7. The van der Waals surface area contributed by atoms with Crippen molar-refractivity contribution in [1.29, 1.82) is 0 Å². The summed E-state index contributed by atoms with van der Waals surface area (Å²) in [6, 6.07) is 10.5. The largest absolute Gasteiger partial charge is 0.462 e. The maximum Gasteiger partial charge on any atom is 0.338 e. The van der Waals surface area contributed by atoms with E-state index < -0.39 is 22.0 Å². The van der Waals surface area contributed by atoms with E-state index in [1.54, 1.807) is 12.1 Å². The van der Waals surface area contributed by atoms with E-state index in [4.69, 9.17) is 4.74 Å². The molecule has 10 nitrogen and oxygen atoms in total. The van der Waals surface area contributed by atoms with Crippen LogP contribution >= 0.6 is 12.8 Å². The molecular formula is C22H28N4O6S2. The zero-order chi connectivity index (χ0) is 25.3. The van der Waals surface area contributed by atoms with E-state index in [-0.39, 0.29) is 34.8 Å². The Labute approximate surface area is 204 Å². The Morgan fingerprint density at radius 1 is 1.03 bits per heavy atom. The molecule has 0 aliphatic rings. The van der Waals surface area contributed by atoms with Gasteiger partial charge in [0.1, 0.15) is 0 Å². The number of urea groups is 2. The van der Waals surface area contributed by atoms with E-state index in [0.717, 1.165) is 5.56 Å². The number of benzene rings is 2. The number of hydrogen-bond donors (Lipinski definition) is 4. The first-order chi connectivity index (χ1) is 16.0. The summed E-state index contributed by atoms with van der Waals surface area (Å²) in [7, 11) is -4.02. The number of nitrogens with one attached hydrogen (secondary N) is 3. The molecule has 0 aliphatic heterocycles. The molecule has 0 heterocycles. The molecular weight excluding hydrogens is 480 g/mol. The third kappa shape index (κ3) is 8.27. The van der Waals surface area contributed by atoms with Crippen molar-refractivity contribution in [2.45, 2.75) is 38.1 Å². The summed E-state index contributed by atoms with van der Waals surface area (Å²) in [5.74, 6) is -0.567. The zero-order valence-electron chi connectivity index (χ0n) is 19.1. The van der Waals surface area contributed by atoms with Crippen LogP contribution in [0.2, 0.25) is 0 Å². The highest BCUT2D eigenvalue weighted by atomic mass is 32.2. The van der Waals surface area contributed by atoms with Gasteiger partial charge in [0, 0.05) is 18.3 Å². The van der Waals surface area contributed by atoms with Crippen molar-refractivity contribution in [2.24, 2.45) is 0 Å². The van der Waals surface area contributed by atoms with Gasteiger partial charge in [-0.25, -0.2) is 27.5 Å². The summed E-state index contributed by atoms with van der Waals surface area (Å²) in [5.41, 5.74) is 1.43. The first kappa shape index (κ1) is 27.0.